The minimum absolute atomic E-state index is 0.0133. The average Bonchev–Trinajstić information content (AvgIpc) is 3.23. The Bertz CT molecular complexity index is 976. The van der Waals surface area contributed by atoms with E-state index in [0.29, 0.717) is 18.1 Å². The summed E-state index contributed by atoms with van der Waals surface area (Å²) in [4.78, 5) is 12.3. The number of halogens is 2. The molecule has 1 aliphatic rings. The first-order valence-corrected chi connectivity index (χ1v) is 11.9. The minimum Gasteiger partial charge on any atom is -0.482 e. The number of carbonyl (C=O) groups is 1. The van der Waals surface area contributed by atoms with E-state index in [1.807, 2.05) is 31.2 Å². The lowest BCUT2D eigenvalue weighted by molar-refractivity contribution is -0.123. The molecule has 0 radical (unpaired) electrons. The summed E-state index contributed by atoms with van der Waals surface area (Å²) >= 11 is 9.40. The van der Waals surface area contributed by atoms with Crippen molar-refractivity contribution in [2.75, 3.05) is 19.7 Å². The summed E-state index contributed by atoms with van der Waals surface area (Å²) in [5.41, 5.74) is 0.949. The molecule has 1 N–H and O–H groups in total. The number of ether oxygens (including phenoxy) is 1. The van der Waals surface area contributed by atoms with Crippen LogP contribution in [0.2, 0.25) is 5.02 Å². The first-order chi connectivity index (χ1) is 13.8. The van der Waals surface area contributed by atoms with E-state index in [0.717, 1.165) is 22.9 Å². The van der Waals surface area contributed by atoms with Gasteiger partial charge in [-0.3, -0.25) is 4.79 Å². The Labute approximate surface area is 184 Å². The number of rotatable bonds is 7. The molecule has 0 bridgehead atoms. The van der Waals surface area contributed by atoms with E-state index in [9.17, 15) is 13.2 Å². The van der Waals surface area contributed by atoms with E-state index in [-0.39, 0.29) is 29.2 Å². The maximum absolute atomic E-state index is 12.9. The Morgan fingerprint density at radius 2 is 1.86 bits per heavy atom. The van der Waals surface area contributed by atoms with Crippen molar-refractivity contribution in [3.63, 3.8) is 0 Å². The predicted octanol–water partition coefficient (Wildman–Crippen LogP) is 4.14. The standard InChI is InChI=1S/C20H22BrClN2O4S/c1-14(15-4-6-16(21)7-5-15)23-20(25)13-28-18-9-8-17(22)12-19(18)29(26,27)24-10-2-3-11-24/h4-9,12,14H,2-3,10-11,13H2,1H3,(H,23,25)/t14-/m0/s1. The van der Waals surface area contributed by atoms with E-state index in [2.05, 4.69) is 21.2 Å². The zero-order chi connectivity index (χ0) is 21.0. The second-order valence-electron chi connectivity index (χ2n) is 6.83. The zero-order valence-corrected chi connectivity index (χ0v) is 19.1. The molecule has 6 nitrogen and oxygen atoms in total. The third kappa shape index (κ3) is 5.51. The van der Waals surface area contributed by atoms with Gasteiger partial charge in [0.2, 0.25) is 10.0 Å². The Kier molecular flexibility index (Phi) is 7.21. The predicted molar refractivity (Wildman–Crippen MR) is 116 cm³/mol. The SMILES string of the molecule is C[C@H](NC(=O)COc1ccc(Cl)cc1S(=O)(=O)N1CCCC1)c1ccc(Br)cc1. The van der Waals surface area contributed by atoms with Gasteiger partial charge in [-0.2, -0.15) is 4.31 Å². The fourth-order valence-electron chi connectivity index (χ4n) is 3.13. The molecule has 2 aromatic carbocycles. The molecule has 0 saturated carbocycles. The van der Waals surface area contributed by atoms with Gasteiger partial charge in [0.25, 0.3) is 5.91 Å². The summed E-state index contributed by atoms with van der Waals surface area (Å²) in [5, 5.41) is 3.14. The first-order valence-electron chi connectivity index (χ1n) is 9.25. The molecular formula is C20H22BrClN2O4S. The van der Waals surface area contributed by atoms with Gasteiger partial charge in [-0.1, -0.05) is 39.7 Å². The summed E-state index contributed by atoms with van der Waals surface area (Å²) in [6.07, 6.45) is 1.65. The van der Waals surface area contributed by atoms with Gasteiger partial charge in [0.15, 0.2) is 6.61 Å². The number of nitrogens with zero attached hydrogens (tertiary/aromatic N) is 1. The van der Waals surface area contributed by atoms with E-state index in [4.69, 9.17) is 16.3 Å². The largest absolute Gasteiger partial charge is 0.482 e. The van der Waals surface area contributed by atoms with E-state index in [1.54, 1.807) is 6.07 Å². The molecule has 1 saturated heterocycles. The topological polar surface area (TPSA) is 75.7 Å². The van der Waals surface area contributed by atoms with Crippen molar-refractivity contribution in [2.24, 2.45) is 0 Å². The first kappa shape index (κ1) is 22.1. The highest BCUT2D eigenvalue weighted by atomic mass is 79.9. The average molecular weight is 502 g/mol. The van der Waals surface area contributed by atoms with Gasteiger partial charge < -0.3 is 10.1 Å². The highest BCUT2D eigenvalue weighted by Gasteiger charge is 2.30. The normalized spacial score (nSPS) is 15.8. The summed E-state index contributed by atoms with van der Waals surface area (Å²) in [6, 6.07) is 11.8. The van der Waals surface area contributed by atoms with Crippen molar-refractivity contribution in [2.45, 2.75) is 30.7 Å². The van der Waals surface area contributed by atoms with Crippen LogP contribution in [0.5, 0.6) is 5.75 Å². The molecule has 9 heteroatoms. The van der Waals surface area contributed by atoms with Crippen molar-refractivity contribution in [3.05, 3.63) is 57.5 Å². The fourth-order valence-corrected chi connectivity index (χ4v) is 5.31. The van der Waals surface area contributed by atoms with Crippen molar-refractivity contribution >= 4 is 43.5 Å². The summed E-state index contributed by atoms with van der Waals surface area (Å²) < 4.78 is 33.8. The molecule has 1 heterocycles. The van der Waals surface area contributed by atoms with Gasteiger partial charge in [0.1, 0.15) is 10.6 Å². The maximum Gasteiger partial charge on any atom is 0.258 e. The fraction of sp³-hybridized carbons (Fsp3) is 0.350. The third-order valence-corrected chi connectivity index (χ3v) is 7.38. The smallest absolute Gasteiger partial charge is 0.258 e. The third-order valence-electron chi connectivity index (χ3n) is 4.69. The van der Waals surface area contributed by atoms with Gasteiger partial charge in [-0.15, -0.1) is 0 Å². The molecular weight excluding hydrogens is 480 g/mol. The van der Waals surface area contributed by atoms with Crippen LogP contribution in [-0.4, -0.2) is 38.3 Å². The number of carbonyl (C=O) groups excluding carboxylic acids is 1. The van der Waals surface area contributed by atoms with Crippen molar-refractivity contribution in [3.8, 4) is 5.75 Å². The number of amides is 1. The molecule has 1 amide bonds. The van der Waals surface area contributed by atoms with Crippen LogP contribution < -0.4 is 10.1 Å². The van der Waals surface area contributed by atoms with Crippen LogP contribution in [0.3, 0.4) is 0 Å². The van der Waals surface area contributed by atoms with Crippen LogP contribution >= 0.6 is 27.5 Å². The molecule has 2 aromatic rings. The highest BCUT2D eigenvalue weighted by Crippen LogP contribution is 2.31. The zero-order valence-electron chi connectivity index (χ0n) is 15.9. The summed E-state index contributed by atoms with van der Waals surface area (Å²) in [6.45, 7) is 2.51. The molecule has 1 atom stereocenters. The van der Waals surface area contributed by atoms with Gasteiger partial charge >= 0.3 is 0 Å². The number of nitrogens with one attached hydrogen (secondary N) is 1. The Balaban J connectivity index is 1.68. The molecule has 29 heavy (non-hydrogen) atoms. The van der Waals surface area contributed by atoms with E-state index in [1.165, 1.54) is 16.4 Å². The Morgan fingerprint density at radius 1 is 1.21 bits per heavy atom. The Morgan fingerprint density at radius 3 is 2.52 bits per heavy atom. The van der Waals surface area contributed by atoms with Crippen LogP contribution in [0.15, 0.2) is 51.8 Å². The molecule has 0 aliphatic carbocycles. The van der Waals surface area contributed by atoms with Gasteiger partial charge in [0, 0.05) is 22.6 Å². The van der Waals surface area contributed by atoms with Crippen molar-refractivity contribution in [1.82, 2.24) is 9.62 Å². The summed E-state index contributed by atoms with van der Waals surface area (Å²) in [5.74, 6) is -0.229. The van der Waals surface area contributed by atoms with Crippen molar-refractivity contribution in [1.29, 1.82) is 0 Å². The number of hydrogen-bond acceptors (Lipinski definition) is 4. The second-order valence-corrected chi connectivity index (χ2v) is 10.1. The quantitative estimate of drug-likeness (QED) is 0.619. The molecule has 3 rings (SSSR count). The van der Waals surface area contributed by atoms with E-state index < -0.39 is 10.0 Å². The summed E-state index contributed by atoms with van der Waals surface area (Å²) in [7, 11) is -3.72. The van der Waals surface area contributed by atoms with Crippen LogP contribution in [0.1, 0.15) is 31.4 Å². The number of sulfonamides is 1. The maximum atomic E-state index is 12.9. The van der Waals surface area contributed by atoms with Gasteiger partial charge in [-0.25, -0.2) is 8.42 Å². The second kappa shape index (κ2) is 9.47. The molecule has 0 aromatic heterocycles. The van der Waals surface area contributed by atoms with Crippen LogP contribution in [0.25, 0.3) is 0 Å². The monoisotopic (exact) mass is 500 g/mol. The molecule has 0 unspecified atom stereocenters. The lowest BCUT2D eigenvalue weighted by atomic mass is 10.1. The number of benzene rings is 2. The van der Waals surface area contributed by atoms with Gasteiger partial charge in [-0.05, 0) is 55.7 Å². The van der Waals surface area contributed by atoms with E-state index >= 15 is 0 Å². The molecule has 1 fully saturated rings. The molecule has 1 aliphatic heterocycles. The Hall–Kier alpha value is -1.61. The minimum atomic E-state index is -3.72. The molecule has 0 spiro atoms. The van der Waals surface area contributed by atoms with Crippen LogP contribution in [0, 0.1) is 0 Å². The van der Waals surface area contributed by atoms with Crippen molar-refractivity contribution < 1.29 is 17.9 Å². The van der Waals surface area contributed by atoms with Gasteiger partial charge in [0.05, 0.1) is 6.04 Å². The lowest BCUT2D eigenvalue weighted by Gasteiger charge is -2.19. The lowest BCUT2D eigenvalue weighted by Crippen LogP contribution is -2.32. The van der Waals surface area contributed by atoms with Crippen LogP contribution in [0.4, 0.5) is 0 Å². The molecule has 156 valence electrons. The number of hydrogen-bond donors (Lipinski definition) is 1. The highest BCUT2D eigenvalue weighted by molar-refractivity contribution is 9.10. The van der Waals surface area contributed by atoms with Crippen LogP contribution in [-0.2, 0) is 14.8 Å².